The number of nitrogens with one attached hydrogen (secondary N) is 2. The lowest BCUT2D eigenvalue weighted by Crippen LogP contribution is -2.20. The minimum atomic E-state index is 0.421. The first kappa shape index (κ1) is 14.7. The molecule has 0 aliphatic carbocycles. The molecule has 0 saturated carbocycles. The second kappa shape index (κ2) is 7.84. The average molecular weight is 253 g/mol. The molecule has 0 aliphatic rings. The highest BCUT2D eigenvalue weighted by molar-refractivity contribution is 5.47. The first-order valence-corrected chi connectivity index (χ1v) is 6.18. The summed E-state index contributed by atoms with van der Waals surface area (Å²) in [4.78, 5) is 8.64. The molecule has 1 rings (SSSR count). The lowest BCUT2D eigenvalue weighted by molar-refractivity contribution is 0.210. The first-order valence-electron chi connectivity index (χ1n) is 6.18. The number of aromatic nitrogens is 2. The monoisotopic (exact) mass is 253 g/mol. The second-order valence-electron chi connectivity index (χ2n) is 4.33. The Labute approximate surface area is 108 Å². The maximum absolute atomic E-state index is 5.58. The Balaban J connectivity index is 2.56. The van der Waals surface area contributed by atoms with Crippen LogP contribution in [0.5, 0.6) is 0 Å². The van der Waals surface area contributed by atoms with Crippen molar-refractivity contribution in [3.05, 3.63) is 11.9 Å². The Morgan fingerprint density at radius 2 is 2.00 bits per heavy atom. The minimum Gasteiger partial charge on any atom is -0.383 e. The van der Waals surface area contributed by atoms with Gasteiger partial charge in [0, 0.05) is 26.3 Å². The van der Waals surface area contributed by atoms with E-state index in [-0.39, 0.29) is 0 Å². The molecule has 1 unspecified atom stereocenters. The van der Waals surface area contributed by atoms with Crippen molar-refractivity contribution in [3.63, 3.8) is 0 Å². The van der Waals surface area contributed by atoms with E-state index in [1.54, 1.807) is 7.11 Å². The third kappa shape index (κ3) is 5.29. The van der Waals surface area contributed by atoms with Gasteiger partial charge in [-0.2, -0.15) is 0 Å². The molecule has 1 heterocycles. The maximum atomic E-state index is 5.58. The molecule has 1 atom stereocenters. The predicted molar refractivity (Wildman–Crippen MR) is 73.8 cm³/mol. The summed E-state index contributed by atoms with van der Waals surface area (Å²) in [6.07, 6.45) is 0. The maximum Gasteiger partial charge on any atom is 0.131 e. The van der Waals surface area contributed by atoms with Crippen molar-refractivity contribution in [3.8, 4) is 0 Å². The van der Waals surface area contributed by atoms with Crippen LogP contribution in [0.4, 0.5) is 11.6 Å². The van der Waals surface area contributed by atoms with Gasteiger partial charge in [0.25, 0.3) is 0 Å². The van der Waals surface area contributed by atoms with E-state index in [1.165, 1.54) is 0 Å². The van der Waals surface area contributed by atoms with E-state index < -0.39 is 0 Å². The number of nitrogens with two attached hydrogens (primary N) is 1. The lowest BCUT2D eigenvalue weighted by Gasteiger charge is -2.12. The molecule has 0 aromatic carbocycles. The van der Waals surface area contributed by atoms with Crippen LogP contribution < -0.4 is 16.4 Å². The molecule has 102 valence electrons. The molecular formula is C12H23N5O. The van der Waals surface area contributed by atoms with Crippen molar-refractivity contribution in [2.75, 3.05) is 44.0 Å². The number of nitrogens with zero attached hydrogens (tertiary/aromatic N) is 2. The predicted octanol–water partition coefficient (Wildman–Crippen LogP) is 0.850. The van der Waals surface area contributed by atoms with Crippen molar-refractivity contribution in [1.29, 1.82) is 0 Å². The van der Waals surface area contributed by atoms with Crippen LogP contribution in [-0.4, -0.2) is 43.3 Å². The van der Waals surface area contributed by atoms with Gasteiger partial charge in [-0.15, -0.1) is 0 Å². The Hall–Kier alpha value is -1.40. The molecule has 0 bridgehead atoms. The van der Waals surface area contributed by atoms with Crippen LogP contribution in [0.2, 0.25) is 0 Å². The molecule has 1 aromatic rings. The molecule has 0 spiro atoms. The van der Waals surface area contributed by atoms with Crippen molar-refractivity contribution in [2.45, 2.75) is 13.8 Å². The van der Waals surface area contributed by atoms with Gasteiger partial charge in [0.15, 0.2) is 0 Å². The fourth-order valence-electron chi connectivity index (χ4n) is 1.39. The summed E-state index contributed by atoms with van der Waals surface area (Å²) >= 11 is 0. The van der Waals surface area contributed by atoms with Crippen LogP contribution in [0.3, 0.4) is 0 Å². The molecule has 0 saturated heterocycles. The van der Waals surface area contributed by atoms with Crippen molar-refractivity contribution < 1.29 is 4.74 Å². The Bertz CT molecular complexity index is 358. The number of hydrogen-bond donors (Lipinski definition) is 3. The molecule has 4 N–H and O–H groups in total. The number of aryl methyl sites for hydroxylation is 1. The summed E-state index contributed by atoms with van der Waals surface area (Å²) in [6.45, 7) is 6.82. The lowest BCUT2D eigenvalue weighted by atomic mass is 10.2. The number of anilines is 2. The van der Waals surface area contributed by atoms with Gasteiger partial charge in [-0.25, -0.2) is 9.97 Å². The van der Waals surface area contributed by atoms with E-state index in [2.05, 4.69) is 27.5 Å². The highest BCUT2D eigenvalue weighted by atomic mass is 16.5. The number of hydrogen-bond acceptors (Lipinski definition) is 6. The van der Waals surface area contributed by atoms with E-state index in [9.17, 15) is 0 Å². The quantitative estimate of drug-likeness (QED) is 0.596. The van der Waals surface area contributed by atoms with E-state index in [4.69, 9.17) is 10.5 Å². The number of ether oxygens (including phenoxy) is 1. The first-order chi connectivity index (χ1) is 8.65. The van der Waals surface area contributed by atoms with E-state index in [0.717, 1.165) is 30.5 Å². The molecule has 18 heavy (non-hydrogen) atoms. The van der Waals surface area contributed by atoms with Gasteiger partial charge in [0.05, 0.1) is 6.61 Å². The van der Waals surface area contributed by atoms with Gasteiger partial charge in [-0.3, -0.25) is 0 Å². The smallest absolute Gasteiger partial charge is 0.131 e. The van der Waals surface area contributed by atoms with E-state index >= 15 is 0 Å². The highest BCUT2D eigenvalue weighted by Gasteiger charge is 2.03. The molecule has 0 amide bonds. The van der Waals surface area contributed by atoms with Crippen molar-refractivity contribution >= 4 is 11.6 Å². The van der Waals surface area contributed by atoms with Crippen LogP contribution in [0, 0.1) is 12.8 Å². The molecule has 0 fully saturated rings. The third-order valence-corrected chi connectivity index (χ3v) is 2.48. The zero-order valence-corrected chi connectivity index (χ0v) is 11.4. The van der Waals surface area contributed by atoms with Crippen LogP contribution >= 0.6 is 0 Å². The van der Waals surface area contributed by atoms with E-state index in [0.29, 0.717) is 19.1 Å². The molecule has 0 aliphatic heterocycles. The fourth-order valence-corrected chi connectivity index (χ4v) is 1.39. The molecule has 0 radical (unpaired) electrons. The highest BCUT2D eigenvalue weighted by Crippen LogP contribution is 2.11. The second-order valence-corrected chi connectivity index (χ2v) is 4.33. The van der Waals surface area contributed by atoms with Gasteiger partial charge in [0.1, 0.15) is 17.5 Å². The molecular weight excluding hydrogens is 230 g/mol. The van der Waals surface area contributed by atoms with Gasteiger partial charge >= 0.3 is 0 Å². The van der Waals surface area contributed by atoms with E-state index in [1.807, 2.05) is 13.0 Å². The van der Waals surface area contributed by atoms with Gasteiger partial charge in [-0.1, -0.05) is 6.92 Å². The minimum absolute atomic E-state index is 0.421. The Morgan fingerprint density at radius 1 is 1.33 bits per heavy atom. The fraction of sp³-hybridized carbons (Fsp3) is 0.667. The van der Waals surface area contributed by atoms with Crippen molar-refractivity contribution in [1.82, 2.24) is 9.97 Å². The molecule has 6 heteroatoms. The number of methoxy groups -OCH3 is 1. The summed E-state index contributed by atoms with van der Waals surface area (Å²) in [6, 6.07) is 1.89. The molecule has 1 aromatic heterocycles. The van der Waals surface area contributed by atoms with Gasteiger partial charge in [0.2, 0.25) is 0 Å². The van der Waals surface area contributed by atoms with Crippen LogP contribution in [0.25, 0.3) is 0 Å². The standard InChI is InChI=1S/C12H23N5O/c1-9(7-13)8-15-12-6-11(14-4-5-18-3)16-10(2)17-12/h6,9H,4-5,7-8,13H2,1-3H3,(H2,14,15,16,17). The van der Waals surface area contributed by atoms with Gasteiger partial charge in [-0.05, 0) is 19.4 Å². The van der Waals surface area contributed by atoms with Crippen LogP contribution in [-0.2, 0) is 4.74 Å². The van der Waals surface area contributed by atoms with Crippen LogP contribution in [0.1, 0.15) is 12.7 Å². The summed E-state index contributed by atoms with van der Waals surface area (Å²) in [5.74, 6) is 2.79. The topological polar surface area (TPSA) is 85.1 Å². The average Bonchev–Trinajstić information content (AvgIpc) is 2.35. The Kier molecular flexibility index (Phi) is 6.38. The zero-order chi connectivity index (χ0) is 13.4. The molecule has 6 nitrogen and oxygen atoms in total. The SMILES string of the molecule is COCCNc1cc(NCC(C)CN)nc(C)n1. The normalized spacial score (nSPS) is 12.2. The van der Waals surface area contributed by atoms with Gasteiger partial charge < -0.3 is 21.1 Å². The third-order valence-electron chi connectivity index (χ3n) is 2.48. The summed E-state index contributed by atoms with van der Waals surface area (Å²) < 4.78 is 4.98. The van der Waals surface area contributed by atoms with Crippen LogP contribution in [0.15, 0.2) is 6.07 Å². The Morgan fingerprint density at radius 3 is 2.61 bits per heavy atom. The van der Waals surface area contributed by atoms with Crippen molar-refractivity contribution in [2.24, 2.45) is 11.7 Å². The number of rotatable bonds is 8. The zero-order valence-electron chi connectivity index (χ0n) is 11.4. The summed E-state index contributed by atoms with van der Waals surface area (Å²) in [5.41, 5.74) is 5.58. The summed E-state index contributed by atoms with van der Waals surface area (Å²) in [7, 11) is 1.67. The summed E-state index contributed by atoms with van der Waals surface area (Å²) in [5, 5.41) is 6.45. The largest absolute Gasteiger partial charge is 0.383 e.